The van der Waals surface area contributed by atoms with Gasteiger partial charge >= 0.3 is 0 Å². The molecule has 0 unspecified atom stereocenters. The Kier molecular flexibility index (Phi) is 4.90. The Bertz CT molecular complexity index is 1040. The van der Waals surface area contributed by atoms with Crippen molar-refractivity contribution < 1.29 is 9.18 Å². The molecule has 2 N–H and O–H groups in total. The fourth-order valence-corrected chi connectivity index (χ4v) is 6.77. The third-order valence-electron chi connectivity index (χ3n) is 7.81. The maximum atomic E-state index is 13.9. The van der Waals surface area contributed by atoms with Gasteiger partial charge in [0.2, 0.25) is 5.91 Å². The SMILES string of the molecule is Cc1c(C#N)c(NC(=O)CNC23CC4CC(CC(C4)C2)C3)n(-c2cccc(F)c2)c1C. The molecule has 4 saturated carbocycles. The molecule has 4 bridgehead atoms. The van der Waals surface area contributed by atoms with Gasteiger partial charge in [-0.05, 0) is 93.9 Å². The van der Waals surface area contributed by atoms with E-state index in [1.807, 2.05) is 13.8 Å². The maximum Gasteiger partial charge on any atom is 0.239 e. The molecule has 0 atom stereocenters. The van der Waals surface area contributed by atoms with E-state index in [1.165, 1.54) is 50.7 Å². The van der Waals surface area contributed by atoms with E-state index in [1.54, 1.807) is 16.7 Å². The molecule has 0 radical (unpaired) electrons. The number of benzene rings is 1. The molecule has 1 aromatic carbocycles. The number of nitrogens with one attached hydrogen (secondary N) is 2. The third-order valence-corrected chi connectivity index (χ3v) is 7.81. The number of hydrogen-bond donors (Lipinski definition) is 2. The van der Waals surface area contributed by atoms with Crippen molar-refractivity contribution in [2.75, 3.05) is 11.9 Å². The van der Waals surface area contributed by atoms with Crippen molar-refractivity contribution in [2.24, 2.45) is 17.8 Å². The van der Waals surface area contributed by atoms with E-state index in [4.69, 9.17) is 0 Å². The molecular weight excluding hydrogens is 391 g/mol. The molecule has 1 aromatic heterocycles. The summed E-state index contributed by atoms with van der Waals surface area (Å²) in [5.41, 5.74) is 2.71. The van der Waals surface area contributed by atoms with E-state index in [9.17, 15) is 14.4 Å². The summed E-state index contributed by atoms with van der Waals surface area (Å²) in [7, 11) is 0. The highest BCUT2D eigenvalue weighted by atomic mass is 19.1. The van der Waals surface area contributed by atoms with Gasteiger partial charge in [0.05, 0.1) is 17.8 Å². The molecule has 162 valence electrons. The van der Waals surface area contributed by atoms with Crippen molar-refractivity contribution in [1.29, 1.82) is 5.26 Å². The topological polar surface area (TPSA) is 69.8 Å². The average molecular weight is 421 g/mol. The number of carbonyl (C=O) groups is 1. The van der Waals surface area contributed by atoms with Gasteiger partial charge in [0.25, 0.3) is 0 Å². The van der Waals surface area contributed by atoms with Crippen molar-refractivity contribution in [1.82, 2.24) is 9.88 Å². The Balaban J connectivity index is 1.37. The number of nitriles is 1. The van der Waals surface area contributed by atoms with Crippen molar-refractivity contribution >= 4 is 11.7 Å². The summed E-state index contributed by atoms with van der Waals surface area (Å²) in [4.78, 5) is 13.0. The fourth-order valence-electron chi connectivity index (χ4n) is 6.77. The average Bonchev–Trinajstić information content (AvgIpc) is 2.95. The van der Waals surface area contributed by atoms with E-state index >= 15 is 0 Å². The largest absolute Gasteiger partial charge is 0.310 e. The lowest BCUT2D eigenvalue weighted by molar-refractivity contribution is -0.116. The van der Waals surface area contributed by atoms with Crippen LogP contribution in [0.3, 0.4) is 0 Å². The monoisotopic (exact) mass is 420 g/mol. The number of aromatic nitrogens is 1. The molecule has 2 aromatic rings. The third kappa shape index (κ3) is 3.55. The Morgan fingerprint density at radius 2 is 1.84 bits per heavy atom. The Morgan fingerprint density at radius 1 is 1.19 bits per heavy atom. The normalized spacial score (nSPS) is 28.5. The van der Waals surface area contributed by atoms with Gasteiger partial charge in [0.1, 0.15) is 17.7 Å². The highest BCUT2D eigenvalue weighted by Gasteiger charge is 2.50. The number of nitrogens with zero attached hydrogens (tertiary/aromatic N) is 2. The molecule has 4 aliphatic carbocycles. The van der Waals surface area contributed by atoms with Gasteiger partial charge in [-0.3, -0.25) is 9.36 Å². The lowest BCUT2D eigenvalue weighted by atomic mass is 9.53. The first-order chi connectivity index (χ1) is 14.9. The van der Waals surface area contributed by atoms with E-state index in [-0.39, 0.29) is 23.8 Å². The Morgan fingerprint density at radius 3 is 2.42 bits per heavy atom. The predicted octanol–water partition coefficient (Wildman–Crippen LogP) is 4.60. The zero-order valence-electron chi connectivity index (χ0n) is 18.2. The summed E-state index contributed by atoms with van der Waals surface area (Å²) >= 11 is 0. The van der Waals surface area contributed by atoms with Gasteiger partial charge in [-0.15, -0.1) is 0 Å². The van der Waals surface area contributed by atoms with E-state index in [2.05, 4.69) is 16.7 Å². The minimum atomic E-state index is -0.359. The van der Waals surface area contributed by atoms with Crippen molar-refractivity contribution in [2.45, 2.75) is 57.9 Å². The van der Waals surface area contributed by atoms with E-state index in [0.29, 0.717) is 17.1 Å². The van der Waals surface area contributed by atoms with Crippen LogP contribution in [-0.2, 0) is 4.79 Å². The Labute approximate surface area is 182 Å². The summed E-state index contributed by atoms with van der Waals surface area (Å²) in [6.07, 6.45) is 7.60. The zero-order valence-corrected chi connectivity index (χ0v) is 18.2. The first kappa shape index (κ1) is 20.3. The lowest BCUT2D eigenvalue weighted by Gasteiger charge is -2.57. The molecule has 1 amide bonds. The first-order valence-corrected chi connectivity index (χ1v) is 11.3. The standard InChI is InChI=1S/C25H29FN4O/c1-15-16(2)30(21-5-3-4-20(26)9-21)24(22(15)13-27)29-23(31)14-28-25-10-17-6-18(11-25)8-19(7-17)12-25/h3-5,9,17-19,28H,6-8,10-12,14H2,1-2H3,(H,29,31). The van der Waals surface area contributed by atoms with Crippen LogP contribution in [0.5, 0.6) is 0 Å². The summed E-state index contributed by atoms with van der Waals surface area (Å²) in [5, 5.41) is 16.3. The zero-order chi connectivity index (χ0) is 21.8. The van der Waals surface area contributed by atoms with Crippen LogP contribution in [0.2, 0.25) is 0 Å². The molecule has 6 heteroatoms. The number of rotatable bonds is 5. The molecule has 0 spiro atoms. The number of carbonyl (C=O) groups excluding carboxylic acids is 1. The van der Waals surface area contributed by atoms with Gasteiger partial charge < -0.3 is 10.6 Å². The van der Waals surface area contributed by atoms with Crippen LogP contribution in [0.25, 0.3) is 5.69 Å². The van der Waals surface area contributed by atoms with Crippen LogP contribution in [0.15, 0.2) is 24.3 Å². The van der Waals surface area contributed by atoms with Gasteiger partial charge in [-0.25, -0.2) is 4.39 Å². The second-order valence-corrected chi connectivity index (χ2v) is 9.96. The summed E-state index contributed by atoms with van der Waals surface area (Å²) in [5.74, 6) is 2.32. The highest BCUT2D eigenvalue weighted by molar-refractivity contribution is 5.93. The smallest absolute Gasteiger partial charge is 0.239 e. The minimum absolute atomic E-state index is 0.0978. The van der Waals surface area contributed by atoms with Crippen LogP contribution >= 0.6 is 0 Å². The van der Waals surface area contributed by atoms with Crippen LogP contribution in [0.1, 0.15) is 55.3 Å². The van der Waals surface area contributed by atoms with Crippen molar-refractivity contribution in [3.8, 4) is 11.8 Å². The highest BCUT2D eigenvalue weighted by Crippen LogP contribution is 2.55. The van der Waals surface area contributed by atoms with Gasteiger partial charge in [0, 0.05) is 11.2 Å². The minimum Gasteiger partial charge on any atom is -0.310 e. The summed E-state index contributed by atoms with van der Waals surface area (Å²) in [6, 6.07) is 8.42. The predicted molar refractivity (Wildman–Crippen MR) is 117 cm³/mol. The second-order valence-electron chi connectivity index (χ2n) is 9.96. The number of hydrogen-bond acceptors (Lipinski definition) is 3. The molecule has 4 aliphatic rings. The molecule has 5 nitrogen and oxygen atoms in total. The van der Waals surface area contributed by atoms with Crippen LogP contribution in [-0.4, -0.2) is 22.6 Å². The molecule has 0 saturated heterocycles. The molecule has 6 rings (SSSR count). The molecular formula is C25H29FN4O. The number of amides is 1. The molecule has 4 fully saturated rings. The molecule has 31 heavy (non-hydrogen) atoms. The Hall–Kier alpha value is -2.65. The van der Waals surface area contributed by atoms with Gasteiger partial charge in [-0.2, -0.15) is 5.26 Å². The van der Waals surface area contributed by atoms with Crippen molar-refractivity contribution in [3.63, 3.8) is 0 Å². The van der Waals surface area contributed by atoms with Crippen LogP contribution < -0.4 is 10.6 Å². The van der Waals surface area contributed by atoms with Crippen LogP contribution in [0.4, 0.5) is 10.2 Å². The molecule has 1 heterocycles. The van der Waals surface area contributed by atoms with Gasteiger partial charge in [0.15, 0.2) is 0 Å². The second kappa shape index (κ2) is 7.49. The summed E-state index contributed by atoms with van der Waals surface area (Å²) < 4.78 is 15.6. The first-order valence-electron chi connectivity index (χ1n) is 11.3. The maximum absolute atomic E-state index is 13.9. The van der Waals surface area contributed by atoms with E-state index < -0.39 is 0 Å². The van der Waals surface area contributed by atoms with Crippen molar-refractivity contribution in [3.05, 3.63) is 46.9 Å². The summed E-state index contributed by atoms with van der Waals surface area (Å²) in [6.45, 7) is 3.96. The van der Waals surface area contributed by atoms with Gasteiger partial charge in [-0.1, -0.05) is 6.07 Å². The van der Waals surface area contributed by atoms with E-state index in [0.717, 1.165) is 29.0 Å². The van der Waals surface area contributed by atoms with Crippen LogP contribution in [0, 0.1) is 48.7 Å². The quantitative estimate of drug-likeness (QED) is 0.743. The lowest BCUT2D eigenvalue weighted by Crippen LogP contribution is -2.59. The fraction of sp³-hybridized carbons (Fsp3) is 0.520. The number of halogens is 1. The molecule has 0 aliphatic heterocycles. The number of anilines is 1.